The van der Waals surface area contributed by atoms with Gasteiger partial charge in [-0.1, -0.05) is 68.4 Å². The highest BCUT2D eigenvalue weighted by molar-refractivity contribution is 5.99. The Bertz CT molecular complexity index is 1350. The normalized spacial score (nSPS) is 11.7. The molecule has 0 spiro atoms. The molecular weight excluding hydrogens is 452 g/mol. The maximum absolute atomic E-state index is 13.1. The monoisotopic (exact) mass is 482 g/mol. The number of esters is 1. The Morgan fingerprint density at radius 2 is 1.44 bits per heavy atom. The Kier molecular flexibility index (Phi) is 7.95. The number of aryl methyl sites for hydroxylation is 2. The molecule has 6 nitrogen and oxygen atoms in total. The Balaban J connectivity index is 1.50. The van der Waals surface area contributed by atoms with Gasteiger partial charge in [0, 0.05) is 34.6 Å². The van der Waals surface area contributed by atoms with Crippen molar-refractivity contribution in [3.05, 3.63) is 107 Å². The molecule has 0 saturated carbocycles. The minimum Gasteiger partial charge on any atom is -0.456 e. The molecule has 3 aromatic carbocycles. The van der Waals surface area contributed by atoms with E-state index in [9.17, 15) is 14.4 Å². The second-order valence-electron chi connectivity index (χ2n) is 8.72. The standard InChI is InChI=1S/C30H30N2O4/c1-3-20-9-13-22(14-10-20)28(33)19-36-30(35)27(17-24-18-31-26-8-6-5-7-25(24)26)32-29(34)23-15-11-21(4-2)12-16-23/h5-16,18,27,31H,3-4,17,19H2,1-2H3,(H,32,34)/t27-/m1/s1. The summed E-state index contributed by atoms with van der Waals surface area (Å²) in [6, 6.07) is 21.3. The van der Waals surface area contributed by atoms with Gasteiger partial charge in [0.05, 0.1) is 0 Å². The van der Waals surface area contributed by atoms with Crippen LogP contribution in [0.2, 0.25) is 0 Å². The number of para-hydroxylation sites is 1. The number of rotatable bonds is 10. The third-order valence-electron chi connectivity index (χ3n) is 6.34. The minimum atomic E-state index is -0.960. The van der Waals surface area contributed by atoms with Crippen LogP contribution in [-0.2, 0) is 28.8 Å². The lowest BCUT2D eigenvalue weighted by molar-refractivity contribution is -0.144. The molecule has 4 rings (SSSR count). The summed E-state index contributed by atoms with van der Waals surface area (Å²) in [5.74, 6) is -1.32. The van der Waals surface area contributed by atoms with Crippen molar-refractivity contribution in [2.24, 2.45) is 0 Å². The zero-order valence-corrected chi connectivity index (χ0v) is 20.5. The smallest absolute Gasteiger partial charge is 0.329 e. The van der Waals surface area contributed by atoms with Gasteiger partial charge in [-0.25, -0.2) is 4.79 Å². The molecular formula is C30H30N2O4. The summed E-state index contributed by atoms with van der Waals surface area (Å²) < 4.78 is 5.40. The Morgan fingerprint density at radius 1 is 0.833 bits per heavy atom. The van der Waals surface area contributed by atoms with Crippen molar-refractivity contribution in [1.82, 2.24) is 10.3 Å². The SMILES string of the molecule is CCc1ccc(C(=O)COC(=O)[C@@H](Cc2c[nH]c3ccccc23)NC(=O)c2ccc(CC)cc2)cc1. The van der Waals surface area contributed by atoms with E-state index in [0.29, 0.717) is 11.1 Å². The number of hydrogen-bond donors (Lipinski definition) is 2. The molecule has 1 heterocycles. The van der Waals surface area contributed by atoms with Crippen LogP contribution >= 0.6 is 0 Å². The van der Waals surface area contributed by atoms with E-state index in [2.05, 4.69) is 10.3 Å². The molecule has 0 bridgehead atoms. The number of hydrogen-bond acceptors (Lipinski definition) is 4. The number of carbonyl (C=O) groups is 3. The van der Waals surface area contributed by atoms with E-state index in [4.69, 9.17) is 4.74 Å². The lowest BCUT2D eigenvalue weighted by Gasteiger charge is -2.18. The fourth-order valence-electron chi connectivity index (χ4n) is 4.09. The number of H-pyrrole nitrogens is 1. The zero-order chi connectivity index (χ0) is 25.5. The molecule has 0 unspecified atom stereocenters. The van der Waals surface area contributed by atoms with Crippen LogP contribution in [0.25, 0.3) is 10.9 Å². The molecule has 0 aliphatic heterocycles. The van der Waals surface area contributed by atoms with Gasteiger partial charge >= 0.3 is 5.97 Å². The van der Waals surface area contributed by atoms with Gasteiger partial charge in [0.15, 0.2) is 12.4 Å². The minimum absolute atomic E-state index is 0.223. The van der Waals surface area contributed by atoms with Crippen LogP contribution in [0, 0.1) is 0 Å². The van der Waals surface area contributed by atoms with Crippen molar-refractivity contribution in [2.45, 2.75) is 39.2 Å². The van der Waals surface area contributed by atoms with Crippen molar-refractivity contribution < 1.29 is 19.1 Å². The zero-order valence-electron chi connectivity index (χ0n) is 20.5. The summed E-state index contributed by atoms with van der Waals surface area (Å²) in [7, 11) is 0. The number of fused-ring (bicyclic) bond motifs is 1. The Morgan fingerprint density at radius 3 is 2.08 bits per heavy atom. The summed E-state index contributed by atoms with van der Waals surface area (Å²) in [6.07, 6.45) is 3.79. The number of carbonyl (C=O) groups excluding carboxylic acids is 3. The van der Waals surface area contributed by atoms with E-state index in [1.807, 2.05) is 68.6 Å². The highest BCUT2D eigenvalue weighted by Gasteiger charge is 2.25. The van der Waals surface area contributed by atoms with Crippen LogP contribution in [0.4, 0.5) is 0 Å². The van der Waals surface area contributed by atoms with E-state index in [0.717, 1.165) is 40.4 Å². The van der Waals surface area contributed by atoms with Crippen molar-refractivity contribution in [1.29, 1.82) is 0 Å². The third-order valence-corrected chi connectivity index (χ3v) is 6.34. The average molecular weight is 483 g/mol. The molecule has 0 aliphatic carbocycles. The summed E-state index contributed by atoms with van der Waals surface area (Å²) >= 11 is 0. The van der Waals surface area contributed by atoms with Gasteiger partial charge in [-0.15, -0.1) is 0 Å². The quantitative estimate of drug-likeness (QED) is 0.244. The van der Waals surface area contributed by atoms with Crippen LogP contribution in [0.1, 0.15) is 51.3 Å². The van der Waals surface area contributed by atoms with E-state index >= 15 is 0 Å². The summed E-state index contributed by atoms with van der Waals surface area (Å²) in [6.45, 7) is 3.69. The number of Topliss-reactive ketones (excluding diaryl/α,β-unsaturated/α-hetero) is 1. The molecule has 2 N–H and O–H groups in total. The summed E-state index contributed by atoms with van der Waals surface area (Å²) in [5.41, 5.74) is 4.98. The molecule has 0 aliphatic rings. The number of amides is 1. The lowest BCUT2D eigenvalue weighted by Crippen LogP contribution is -2.43. The van der Waals surface area contributed by atoms with Gasteiger partial charge < -0.3 is 15.0 Å². The van der Waals surface area contributed by atoms with Gasteiger partial charge in [0.25, 0.3) is 5.91 Å². The first-order chi connectivity index (χ1) is 17.5. The third kappa shape index (κ3) is 5.89. The van der Waals surface area contributed by atoms with Crippen LogP contribution in [-0.4, -0.2) is 35.3 Å². The molecule has 1 amide bonds. The second kappa shape index (κ2) is 11.5. The number of ketones is 1. The predicted molar refractivity (Wildman–Crippen MR) is 140 cm³/mol. The lowest BCUT2D eigenvalue weighted by atomic mass is 10.0. The first-order valence-corrected chi connectivity index (χ1v) is 12.2. The molecule has 1 aromatic heterocycles. The van der Waals surface area contributed by atoms with E-state index in [-0.39, 0.29) is 18.1 Å². The molecule has 184 valence electrons. The van der Waals surface area contributed by atoms with Crippen molar-refractivity contribution in [3.8, 4) is 0 Å². The van der Waals surface area contributed by atoms with Crippen molar-refractivity contribution in [2.75, 3.05) is 6.61 Å². The first-order valence-electron chi connectivity index (χ1n) is 12.2. The van der Waals surface area contributed by atoms with E-state index in [1.165, 1.54) is 0 Å². The van der Waals surface area contributed by atoms with Crippen LogP contribution < -0.4 is 5.32 Å². The van der Waals surface area contributed by atoms with E-state index < -0.39 is 18.6 Å². The molecule has 1 atom stereocenters. The van der Waals surface area contributed by atoms with Gasteiger partial charge in [-0.3, -0.25) is 9.59 Å². The van der Waals surface area contributed by atoms with Crippen LogP contribution in [0.3, 0.4) is 0 Å². The number of ether oxygens (including phenoxy) is 1. The fraction of sp³-hybridized carbons (Fsp3) is 0.233. The molecule has 0 fully saturated rings. The molecule has 4 aromatic rings. The first kappa shape index (κ1) is 24.9. The topological polar surface area (TPSA) is 88.3 Å². The van der Waals surface area contributed by atoms with Crippen molar-refractivity contribution in [3.63, 3.8) is 0 Å². The van der Waals surface area contributed by atoms with Crippen LogP contribution in [0.15, 0.2) is 79.0 Å². The maximum Gasteiger partial charge on any atom is 0.329 e. The molecule has 36 heavy (non-hydrogen) atoms. The number of benzene rings is 3. The highest BCUT2D eigenvalue weighted by Crippen LogP contribution is 2.20. The fourth-order valence-corrected chi connectivity index (χ4v) is 4.09. The van der Waals surface area contributed by atoms with Crippen molar-refractivity contribution >= 4 is 28.6 Å². The Hall–Kier alpha value is -4.19. The summed E-state index contributed by atoms with van der Waals surface area (Å²) in [4.78, 5) is 41.9. The largest absolute Gasteiger partial charge is 0.456 e. The van der Waals surface area contributed by atoms with Gasteiger partial charge in [-0.2, -0.15) is 0 Å². The molecule has 6 heteroatoms. The highest BCUT2D eigenvalue weighted by atomic mass is 16.5. The number of nitrogens with one attached hydrogen (secondary N) is 2. The van der Waals surface area contributed by atoms with Gasteiger partial charge in [0.1, 0.15) is 6.04 Å². The molecule has 0 saturated heterocycles. The van der Waals surface area contributed by atoms with Crippen LogP contribution in [0.5, 0.6) is 0 Å². The molecule has 0 radical (unpaired) electrons. The van der Waals surface area contributed by atoms with Gasteiger partial charge in [0.2, 0.25) is 0 Å². The number of aromatic nitrogens is 1. The average Bonchev–Trinajstić information content (AvgIpc) is 3.34. The summed E-state index contributed by atoms with van der Waals surface area (Å²) in [5, 5.41) is 3.78. The number of aromatic amines is 1. The maximum atomic E-state index is 13.1. The van der Waals surface area contributed by atoms with Gasteiger partial charge in [-0.05, 0) is 47.7 Å². The predicted octanol–water partition coefficient (Wildman–Crippen LogP) is 5.06. The Labute approximate surface area is 210 Å². The van der Waals surface area contributed by atoms with E-state index in [1.54, 1.807) is 24.3 Å². The second-order valence-corrected chi connectivity index (χ2v) is 8.72.